The molecule has 17 heavy (non-hydrogen) atoms. The van der Waals surface area contributed by atoms with Crippen molar-refractivity contribution in [2.45, 2.75) is 52.6 Å². The fraction of sp³-hybridized carbons (Fsp3) is 0.833. The molecule has 0 spiro atoms. The number of carboxylic acids is 1. The van der Waals surface area contributed by atoms with E-state index in [4.69, 9.17) is 5.11 Å². The van der Waals surface area contributed by atoms with Gasteiger partial charge in [0.1, 0.15) is 5.54 Å². The normalized spacial score (nSPS) is 11.5. The van der Waals surface area contributed by atoms with Gasteiger partial charge in [-0.25, -0.2) is 9.59 Å². The van der Waals surface area contributed by atoms with Gasteiger partial charge in [0.25, 0.3) is 0 Å². The third-order valence-electron chi connectivity index (χ3n) is 2.98. The fourth-order valence-electron chi connectivity index (χ4n) is 1.39. The first-order valence-corrected chi connectivity index (χ1v) is 5.94. The first kappa shape index (κ1) is 15.7. The van der Waals surface area contributed by atoms with Crippen molar-refractivity contribution < 1.29 is 14.7 Å². The molecular weight excluding hydrogens is 220 g/mol. The molecule has 5 heteroatoms. The van der Waals surface area contributed by atoms with Crippen LogP contribution in [0.3, 0.4) is 0 Å². The summed E-state index contributed by atoms with van der Waals surface area (Å²) in [5.41, 5.74) is -1.20. The molecule has 0 aromatic carbocycles. The highest BCUT2D eigenvalue weighted by atomic mass is 16.4. The minimum absolute atomic E-state index is 0.0643. The third-order valence-corrected chi connectivity index (χ3v) is 2.98. The Morgan fingerprint density at radius 3 is 2.06 bits per heavy atom. The zero-order valence-electron chi connectivity index (χ0n) is 11.6. The predicted octanol–water partition coefficient (Wildman–Crippen LogP) is 2.02. The number of urea groups is 1. The van der Waals surface area contributed by atoms with Gasteiger partial charge in [0, 0.05) is 19.6 Å². The van der Waals surface area contributed by atoms with Crippen LogP contribution in [0.4, 0.5) is 4.79 Å². The van der Waals surface area contributed by atoms with E-state index in [1.165, 1.54) is 25.8 Å². The molecule has 0 aromatic heterocycles. The predicted molar refractivity (Wildman–Crippen MR) is 67.0 cm³/mol. The SMILES string of the molecule is CCCN(C(=O)N(C)C(C)(C)C(=O)O)C(C)C. The van der Waals surface area contributed by atoms with E-state index >= 15 is 0 Å². The summed E-state index contributed by atoms with van der Waals surface area (Å²) in [5.74, 6) is -1.01. The minimum atomic E-state index is -1.20. The molecule has 5 nitrogen and oxygen atoms in total. The highest BCUT2D eigenvalue weighted by Crippen LogP contribution is 2.16. The standard InChI is InChI=1S/C12H24N2O3/c1-7-8-14(9(2)3)11(17)13(6)12(4,5)10(15)16/h9H,7-8H2,1-6H3,(H,15,16). The number of hydrogen-bond donors (Lipinski definition) is 1. The van der Waals surface area contributed by atoms with E-state index < -0.39 is 11.5 Å². The number of aliphatic carboxylic acids is 1. The van der Waals surface area contributed by atoms with Gasteiger partial charge in [0.15, 0.2) is 0 Å². The van der Waals surface area contributed by atoms with Gasteiger partial charge in [-0.15, -0.1) is 0 Å². The van der Waals surface area contributed by atoms with Gasteiger partial charge in [0.05, 0.1) is 0 Å². The molecule has 0 bridgehead atoms. The molecule has 0 aliphatic heterocycles. The Labute approximate surface area is 103 Å². The number of likely N-dealkylation sites (N-methyl/N-ethyl adjacent to an activating group) is 1. The van der Waals surface area contributed by atoms with Crippen LogP contribution in [0.2, 0.25) is 0 Å². The van der Waals surface area contributed by atoms with Crippen LogP contribution < -0.4 is 0 Å². The molecule has 0 atom stereocenters. The highest BCUT2D eigenvalue weighted by Gasteiger charge is 2.37. The topological polar surface area (TPSA) is 60.9 Å². The molecular formula is C12H24N2O3. The lowest BCUT2D eigenvalue weighted by Gasteiger charge is -2.37. The molecule has 0 fully saturated rings. The van der Waals surface area contributed by atoms with Crippen molar-refractivity contribution >= 4 is 12.0 Å². The van der Waals surface area contributed by atoms with E-state index in [2.05, 4.69) is 0 Å². The lowest BCUT2D eigenvalue weighted by atomic mass is 10.0. The molecule has 0 unspecified atom stereocenters. The van der Waals surface area contributed by atoms with Crippen LogP contribution in [0.5, 0.6) is 0 Å². The lowest BCUT2D eigenvalue weighted by Crippen LogP contribution is -2.56. The van der Waals surface area contributed by atoms with Crippen LogP contribution in [0.25, 0.3) is 0 Å². The van der Waals surface area contributed by atoms with Gasteiger partial charge in [-0.2, -0.15) is 0 Å². The maximum Gasteiger partial charge on any atom is 0.329 e. The molecule has 0 rings (SSSR count). The van der Waals surface area contributed by atoms with Crippen LogP contribution in [0.1, 0.15) is 41.0 Å². The second-order valence-electron chi connectivity index (χ2n) is 4.99. The third kappa shape index (κ3) is 3.61. The summed E-state index contributed by atoms with van der Waals surface area (Å²) in [5, 5.41) is 9.10. The van der Waals surface area contributed by atoms with E-state index in [1.807, 2.05) is 20.8 Å². The maximum absolute atomic E-state index is 12.2. The van der Waals surface area contributed by atoms with Crippen molar-refractivity contribution in [1.29, 1.82) is 0 Å². The number of carbonyl (C=O) groups is 2. The first-order chi connectivity index (χ1) is 7.66. The highest BCUT2D eigenvalue weighted by molar-refractivity contribution is 5.85. The van der Waals surface area contributed by atoms with Crippen LogP contribution in [-0.4, -0.2) is 52.1 Å². The average Bonchev–Trinajstić information content (AvgIpc) is 2.23. The Bertz CT molecular complexity index is 287. The van der Waals surface area contributed by atoms with Crippen molar-refractivity contribution in [1.82, 2.24) is 9.80 Å². The molecule has 1 N–H and O–H groups in total. The molecule has 100 valence electrons. The van der Waals surface area contributed by atoms with Gasteiger partial charge in [-0.3, -0.25) is 0 Å². The molecule has 0 aliphatic carbocycles. The van der Waals surface area contributed by atoms with E-state index in [0.717, 1.165) is 6.42 Å². The van der Waals surface area contributed by atoms with Crippen LogP contribution >= 0.6 is 0 Å². The van der Waals surface area contributed by atoms with Gasteiger partial charge >= 0.3 is 12.0 Å². The van der Waals surface area contributed by atoms with E-state index in [0.29, 0.717) is 6.54 Å². The van der Waals surface area contributed by atoms with Crippen LogP contribution in [0, 0.1) is 0 Å². The van der Waals surface area contributed by atoms with Gasteiger partial charge in [0.2, 0.25) is 0 Å². The number of hydrogen-bond acceptors (Lipinski definition) is 2. The van der Waals surface area contributed by atoms with Gasteiger partial charge < -0.3 is 14.9 Å². The zero-order valence-corrected chi connectivity index (χ0v) is 11.6. The molecule has 0 saturated carbocycles. The minimum Gasteiger partial charge on any atom is -0.480 e. The Morgan fingerprint density at radius 1 is 1.29 bits per heavy atom. The summed E-state index contributed by atoms with van der Waals surface area (Å²) < 4.78 is 0. The maximum atomic E-state index is 12.2. The van der Waals surface area contributed by atoms with Crippen molar-refractivity contribution in [3.63, 3.8) is 0 Å². The lowest BCUT2D eigenvalue weighted by molar-refractivity contribution is -0.147. The van der Waals surface area contributed by atoms with Crippen molar-refractivity contribution in [3.05, 3.63) is 0 Å². The number of carbonyl (C=O) groups excluding carboxylic acids is 1. The summed E-state index contributed by atoms with van der Waals surface area (Å²) in [4.78, 5) is 26.3. The molecule has 0 radical (unpaired) electrons. The summed E-state index contributed by atoms with van der Waals surface area (Å²) in [6, 6.07) is -0.177. The zero-order chi connectivity index (χ0) is 13.8. The Morgan fingerprint density at radius 2 is 1.76 bits per heavy atom. The molecule has 0 aromatic rings. The van der Waals surface area contributed by atoms with E-state index in [9.17, 15) is 9.59 Å². The molecule has 0 aliphatic rings. The number of nitrogens with zero attached hydrogens (tertiary/aromatic N) is 2. The van der Waals surface area contributed by atoms with Crippen molar-refractivity contribution in [3.8, 4) is 0 Å². The van der Waals surface area contributed by atoms with Crippen molar-refractivity contribution in [2.75, 3.05) is 13.6 Å². The Kier molecular flexibility index (Phi) is 5.45. The Hall–Kier alpha value is -1.26. The Balaban J connectivity index is 4.95. The first-order valence-electron chi connectivity index (χ1n) is 5.94. The summed E-state index contributed by atoms with van der Waals surface area (Å²) in [6.07, 6.45) is 0.852. The van der Waals surface area contributed by atoms with Gasteiger partial charge in [-0.1, -0.05) is 6.92 Å². The summed E-state index contributed by atoms with van der Waals surface area (Å²) in [6.45, 7) is 9.53. The van der Waals surface area contributed by atoms with E-state index in [1.54, 1.807) is 4.90 Å². The fourth-order valence-corrected chi connectivity index (χ4v) is 1.39. The average molecular weight is 244 g/mol. The molecule has 0 heterocycles. The number of carboxylic acid groups (broad SMARTS) is 1. The van der Waals surface area contributed by atoms with E-state index in [-0.39, 0.29) is 12.1 Å². The van der Waals surface area contributed by atoms with Crippen molar-refractivity contribution in [2.24, 2.45) is 0 Å². The number of amides is 2. The van der Waals surface area contributed by atoms with Crippen LogP contribution in [-0.2, 0) is 4.79 Å². The smallest absolute Gasteiger partial charge is 0.329 e. The van der Waals surface area contributed by atoms with Gasteiger partial charge in [-0.05, 0) is 34.1 Å². The second kappa shape index (κ2) is 5.89. The molecule has 2 amide bonds. The molecule has 0 saturated heterocycles. The van der Waals surface area contributed by atoms with Crippen LogP contribution in [0.15, 0.2) is 0 Å². The largest absolute Gasteiger partial charge is 0.480 e. The number of rotatable bonds is 5. The summed E-state index contributed by atoms with van der Waals surface area (Å²) in [7, 11) is 1.53. The summed E-state index contributed by atoms with van der Waals surface area (Å²) >= 11 is 0. The second-order valence-corrected chi connectivity index (χ2v) is 4.99. The quantitative estimate of drug-likeness (QED) is 0.805. The monoisotopic (exact) mass is 244 g/mol.